The summed E-state index contributed by atoms with van der Waals surface area (Å²) < 4.78 is 10.8. The van der Waals surface area contributed by atoms with Crippen LogP contribution < -0.4 is 14.8 Å². The normalized spacial score (nSPS) is 11.4. The molecule has 0 radical (unpaired) electrons. The van der Waals surface area contributed by atoms with Crippen LogP contribution in [0.1, 0.15) is 24.5 Å². The first-order valence-corrected chi connectivity index (χ1v) is 9.32. The molecule has 2 amide bonds. The molecule has 0 saturated carbocycles. The van der Waals surface area contributed by atoms with Gasteiger partial charge in [0.25, 0.3) is 5.91 Å². The molecule has 28 heavy (non-hydrogen) atoms. The Bertz CT molecular complexity index is 772. The van der Waals surface area contributed by atoms with Crippen LogP contribution in [0.15, 0.2) is 48.5 Å². The summed E-state index contributed by atoms with van der Waals surface area (Å²) in [7, 11) is 3.18. The number of amides is 2. The van der Waals surface area contributed by atoms with Crippen LogP contribution in [0, 0.1) is 6.92 Å². The number of rotatable bonds is 9. The fourth-order valence-electron chi connectivity index (χ4n) is 2.88. The van der Waals surface area contributed by atoms with Crippen LogP contribution in [0.2, 0.25) is 0 Å². The zero-order valence-corrected chi connectivity index (χ0v) is 16.9. The Balaban J connectivity index is 2.16. The number of aryl methyl sites for hydroxylation is 1. The summed E-state index contributed by atoms with van der Waals surface area (Å²) in [4.78, 5) is 26.8. The molecule has 0 spiro atoms. The molecule has 0 saturated heterocycles. The number of likely N-dealkylation sites (N-methyl/N-ethyl adjacent to an activating group) is 1. The molecule has 0 fully saturated rings. The van der Waals surface area contributed by atoms with E-state index in [2.05, 4.69) is 5.32 Å². The molecule has 2 aromatic rings. The second-order valence-electron chi connectivity index (χ2n) is 6.51. The van der Waals surface area contributed by atoms with Gasteiger partial charge in [0.15, 0.2) is 6.61 Å². The van der Waals surface area contributed by atoms with E-state index in [0.29, 0.717) is 18.7 Å². The number of carbonyl (C=O) groups excluding carboxylic acids is 2. The minimum Gasteiger partial charge on any atom is -0.497 e. The van der Waals surface area contributed by atoms with Crippen LogP contribution in [-0.4, -0.2) is 43.5 Å². The Labute approximate surface area is 166 Å². The Morgan fingerprint density at radius 2 is 1.64 bits per heavy atom. The van der Waals surface area contributed by atoms with E-state index >= 15 is 0 Å². The molecule has 1 unspecified atom stereocenters. The molecule has 150 valence electrons. The summed E-state index contributed by atoms with van der Waals surface area (Å²) in [5.41, 5.74) is 2.03. The summed E-state index contributed by atoms with van der Waals surface area (Å²) in [5, 5.41) is 2.64. The van der Waals surface area contributed by atoms with E-state index < -0.39 is 6.04 Å². The second-order valence-corrected chi connectivity index (χ2v) is 6.51. The maximum Gasteiger partial charge on any atom is 0.261 e. The average Bonchev–Trinajstić information content (AvgIpc) is 2.73. The fourth-order valence-corrected chi connectivity index (χ4v) is 2.88. The van der Waals surface area contributed by atoms with Crippen molar-refractivity contribution in [1.82, 2.24) is 10.2 Å². The van der Waals surface area contributed by atoms with Crippen molar-refractivity contribution >= 4 is 11.8 Å². The van der Waals surface area contributed by atoms with E-state index in [9.17, 15) is 9.59 Å². The highest BCUT2D eigenvalue weighted by Gasteiger charge is 2.28. The third-order valence-corrected chi connectivity index (χ3v) is 4.53. The lowest BCUT2D eigenvalue weighted by atomic mass is 10.1. The van der Waals surface area contributed by atoms with E-state index in [4.69, 9.17) is 9.47 Å². The van der Waals surface area contributed by atoms with E-state index in [1.807, 2.05) is 62.4 Å². The Kier molecular flexibility index (Phi) is 7.87. The average molecular weight is 384 g/mol. The van der Waals surface area contributed by atoms with Crippen LogP contribution >= 0.6 is 0 Å². The molecular weight excluding hydrogens is 356 g/mol. The van der Waals surface area contributed by atoms with Crippen LogP contribution in [0.25, 0.3) is 0 Å². The molecule has 0 aliphatic heterocycles. The molecule has 2 aromatic carbocycles. The highest BCUT2D eigenvalue weighted by molar-refractivity contribution is 5.88. The fraction of sp³-hybridized carbons (Fsp3) is 0.364. The van der Waals surface area contributed by atoms with Crippen molar-refractivity contribution in [3.05, 3.63) is 59.7 Å². The molecule has 0 aliphatic carbocycles. The molecule has 1 N–H and O–H groups in total. The Morgan fingerprint density at radius 1 is 1.04 bits per heavy atom. The summed E-state index contributed by atoms with van der Waals surface area (Å²) in [5.74, 6) is 0.922. The van der Waals surface area contributed by atoms with Crippen LogP contribution in [0.4, 0.5) is 0 Å². The number of hydrogen-bond acceptors (Lipinski definition) is 4. The number of nitrogens with one attached hydrogen (secondary N) is 1. The maximum absolute atomic E-state index is 12.9. The summed E-state index contributed by atoms with van der Waals surface area (Å²) in [6.07, 6.45) is 0.506. The van der Waals surface area contributed by atoms with Gasteiger partial charge in [-0.3, -0.25) is 9.59 Å². The van der Waals surface area contributed by atoms with Crippen LogP contribution in [-0.2, 0) is 16.1 Å². The number of methoxy groups -OCH3 is 1. The lowest BCUT2D eigenvalue weighted by Crippen LogP contribution is -2.49. The zero-order valence-electron chi connectivity index (χ0n) is 16.9. The standard InChI is InChI=1S/C22H28N2O4/c1-5-20(22(26)23-3)24(14-17-8-12-18(27-4)13-9-17)21(25)15-28-19-10-6-16(2)7-11-19/h6-13,20H,5,14-15H2,1-4H3,(H,23,26). The van der Waals surface area contributed by atoms with Gasteiger partial charge in [-0.2, -0.15) is 0 Å². The first-order valence-electron chi connectivity index (χ1n) is 9.32. The van der Waals surface area contributed by atoms with Crippen LogP contribution in [0.3, 0.4) is 0 Å². The molecule has 2 rings (SSSR count). The third kappa shape index (κ3) is 5.74. The van der Waals surface area contributed by atoms with Crippen molar-refractivity contribution in [2.45, 2.75) is 32.9 Å². The van der Waals surface area contributed by atoms with E-state index in [1.165, 1.54) is 0 Å². The summed E-state index contributed by atoms with van der Waals surface area (Å²) in [6, 6.07) is 14.4. The SMILES string of the molecule is CCC(C(=O)NC)N(Cc1ccc(OC)cc1)C(=O)COc1ccc(C)cc1. The molecule has 6 heteroatoms. The molecule has 0 bridgehead atoms. The van der Waals surface area contributed by atoms with Crippen molar-refractivity contribution in [3.8, 4) is 11.5 Å². The van der Waals surface area contributed by atoms with E-state index in [0.717, 1.165) is 16.9 Å². The first-order chi connectivity index (χ1) is 13.5. The van der Waals surface area contributed by atoms with Gasteiger partial charge in [0.1, 0.15) is 17.5 Å². The number of benzene rings is 2. The van der Waals surface area contributed by atoms with E-state index in [-0.39, 0.29) is 18.4 Å². The van der Waals surface area contributed by atoms with E-state index in [1.54, 1.807) is 19.1 Å². The minimum absolute atomic E-state index is 0.132. The molecule has 0 aromatic heterocycles. The first kappa shape index (κ1) is 21.3. The second kappa shape index (κ2) is 10.3. The largest absolute Gasteiger partial charge is 0.497 e. The van der Waals surface area contributed by atoms with Gasteiger partial charge in [-0.1, -0.05) is 36.8 Å². The summed E-state index contributed by atoms with van der Waals surface area (Å²) in [6.45, 7) is 4.05. The van der Waals surface area contributed by atoms with Crippen molar-refractivity contribution in [2.75, 3.05) is 20.8 Å². The van der Waals surface area contributed by atoms with Gasteiger partial charge in [0.05, 0.1) is 7.11 Å². The van der Waals surface area contributed by atoms with Gasteiger partial charge in [-0.15, -0.1) is 0 Å². The van der Waals surface area contributed by atoms with Crippen molar-refractivity contribution in [2.24, 2.45) is 0 Å². The lowest BCUT2D eigenvalue weighted by molar-refractivity contribution is -0.142. The summed E-state index contributed by atoms with van der Waals surface area (Å²) >= 11 is 0. The van der Waals surface area contributed by atoms with Gasteiger partial charge in [0.2, 0.25) is 5.91 Å². The van der Waals surface area contributed by atoms with Crippen molar-refractivity contribution in [3.63, 3.8) is 0 Å². The van der Waals surface area contributed by atoms with Gasteiger partial charge < -0.3 is 19.7 Å². The Hall–Kier alpha value is -3.02. The zero-order chi connectivity index (χ0) is 20.5. The predicted molar refractivity (Wildman–Crippen MR) is 108 cm³/mol. The van der Waals surface area contributed by atoms with Crippen LogP contribution in [0.5, 0.6) is 11.5 Å². The van der Waals surface area contributed by atoms with Crippen molar-refractivity contribution < 1.29 is 19.1 Å². The van der Waals surface area contributed by atoms with Gasteiger partial charge in [0, 0.05) is 13.6 Å². The lowest BCUT2D eigenvalue weighted by Gasteiger charge is -2.30. The number of carbonyl (C=O) groups is 2. The third-order valence-electron chi connectivity index (χ3n) is 4.53. The number of hydrogen-bond donors (Lipinski definition) is 1. The molecule has 0 heterocycles. The molecule has 6 nitrogen and oxygen atoms in total. The van der Waals surface area contributed by atoms with Gasteiger partial charge in [-0.25, -0.2) is 0 Å². The predicted octanol–water partition coefficient (Wildman–Crippen LogP) is 2.94. The highest BCUT2D eigenvalue weighted by atomic mass is 16.5. The minimum atomic E-state index is -0.568. The molecule has 1 atom stereocenters. The maximum atomic E-state index is 12.9. The number of nitrogens with zero attached hydrogens (tertiary/aromatic N) is 1. The molecular formula is C22H28N2O4. The molecule has 0 aliphatic rings. The topological polar surface area (TPSA) is 67.9 Å². The Morgan fingerprint density at radius 3 is 2.18 bits per heavy atom. The van der Waals surface area contributed by atoms with Crippen molar-refractivity contribution in [1.29, 1.82) is 0 Å². The van der Waals surface area contributed by atoms with Gasteiger partial charge >= 0.3 is 0 Å². The monoisotopic (exact) mass is 384 g/mol. The smallest absolute Gasteiger partial charge is 0.261 e. The van der Waals surface area contributed by atoms with Gasteiger partial charge in [-0.05, 0) is 43.2 Å². The number of ether oxygens (including phenoxy) is 2. The highest BCUT2D eigenvalue weighted by Crippen LogP contribution is 2.17. The quantitative estimate of drug-likeness (QED) is 0.722.